The standard InChI is InChI=1S/C10H10ClN5/c1-7-15-9(11)4-10(16-7)13-5-8-2-3-12-6-14-8/h2-4,6H,5H2,1H3,(H,13,15,16). The topological polar surface area (TPSA) is 63.6 Å². The van der Waals surface area contributed by atoms with Crippen LogP contribution in [0.25, 0.3) is 0 Å². The molecule has 0 saturated carbocycles. The van der Waals surface area contributed by atoms with E-state index in [9.17, 15) is 0 Å². The zero-order chi connectivity index (χ0) is 11.4. The van der Waals surface area contributed by atoms with Gasteiger partial charge in [0.15, 0.2) is 0 Å². The molecular formula is C10H10ClN5. The van der Waals surface area contributed by atoms with Crippen LogP contribution in [0.2, 0.25) is 5.15 Å². The Bertz CT molecular complexity index is 454. The normalized spacial score (nSPS) is 10.1. The third kappa shape index (κ3) is 2.87. The lowest BCUT2D eigenvalue weighted by Crippen LogP contribution is -2.04. The van der Waals surface area contributed by atoms with Crippen LogP contribution in [0.1, 0.15) is 11.5 Å². The van der Waals surface area contributed by atoms with Crippen molar-refractivity contribution < 1.29 is 0 Å². The molecule has 0 saturated heterocycles. The Balaban J connectivity index is 2.05. The summed E-state index contributed by atoms with van der Waals surface area (Å²) in [5, 5.41) is 3.55. The molecule has 2 aromatic heterocycles. The van der Waals surface area contributed by atoms with Crippen molar-refractivity contribution in [1.82, 2.24) is 19.9 Å². The highest BCUT2D eigenvalue weighted by Crippen LogP contribution is 2.11. The number of rotatable bonds is 3. The number of halogens is 1. The number of aromatic nitrogens is 4. The molecule has 6 heteroatoms. The van der Waals surface area contributed by atoms with E-state index >= 15 is 0 Å². The van der Waals surface area contributed by atoms with E-state index in [4.69, 9.17) is 11.6 Å². The lowest BCUT2D eigenvalue weighted by atomic mass is 10.4. The zero-order valence-electron chi connectivity index (χ0n) is 8.68. The highest BCUT2D eigenvalue weighted by atomic mass is 35.5. The summed E-state index contributed by atoms with van der Waals surface area (Å²) in [6.45, 7) is 2.37. The quantitative estimate of drug-likeness (QED) is 0.823. The van der Waals surface area contributed by atoms with Crippen LogP contribution in [-0.4, -0.2) is 19.9 Å². The van der Waals surface area contributed by atoms with Crippen molar-refractivity contribution in [3.63, 3.8) is 0 Å². The SMILES string of the molecule is Cc1nc(Cl)cc(NCc2ccncn2)n1. The van der Waals surface area contributed by atoms with Gasteiger partial charge >= 0.3 is 0 Å². The van der Waals surface area contributed by atoms with E-state index in [2.05, 4.69) is 25.3 Å². The number of hydrogen-bond acceptors (Lipinski definition) is 5. The van der Waals surface area contributed by atoms with Gasteiger partial charge in [-0.25, -0.2) is 19.9 Å². The van der Waals surface area contributed by atoms with Gasteiger partial charge in [0.2, 0.25) is 0 Å². The molecule has 5 nitrogen and oxygen atoms in total. The second-order valence-corrected chi connectivity index (χ2v) is 3.56. The Hall–Kier alpha value is -1.75. The molecule has 0 unspecified atom stereocenters. The molecule has 1 N–H and O–H groups in total. The maximum Gasteiger partial charge on any atom is 0.134 e. The van der Waals surface area contributed by atoms with Crippen molar-refractivity contribution in [3.05, 3.63) is 41.3 Å². The van der Waals surface area contributed by atoms with Gasteiger partial charge in [0.25, 0.3) is 0 Å². The summed E-state index contributed by atoms with van der Waals surface area (Å²) in [5.74, 6) is 1.33. The molecular weight excluding hydrogens is 226 g/mol. The summed E-state index contributed by atoms with van der Waals surface area (Å²) in [5.41, 5.74) is 0.891. The molecule has 2 heterocycles. The molecule has 0 bridgehead atoms. The Morgan fingerprint density at radius 2 is 2.25 bits per heavy atom. The fourth-order valence-corrected chi connectivity index (χ4v) is 1.45. The van der Waals surface area contributed by atoms with Crippen molar-refractivity contribution in [2.45, 2.75) is 13.5 Å². The molecule has 82 valence electrons. The van der Waals surface area contributed by atoms with Crippen molar-refractivity contribution in [2.24, 2.45) is 0 Å². The van der Waals surface area contributed by atoms with Gasteiger partial charge in [-0.3, -0.25) is 0 Å². The summed E-state index contributed by atoms with van der Waals surface area (Å²) in [4.78, 5) is 16.1. The van der Waals surface area contributed by atoms with Crippen LogP contribution < -0.4 is 5.32 Å². The first-order chi connectivity index (χ1) is 7.74. The van der Waals surface area contributed by atoms with Crippen LogP contribution in [0, 0.1) is 6.92 Å². The first kappa shape index (κ1) is 10.8. The highest BCUT2D eigenvalue weighted by molar-refractivity contribution is 6.29. The van der Waals surface area contributed by atoms with Gasteiger partial charge in [-0.1, -0.05) is 11.6 Å². The van der Waals surface area contributed by atoms with Crippen molar-refractivity contribution in [1.29, 1.82) is 0 Å². The molecule has 0 aliphatic heterocycles. The van der Waals surface area contributed by atoms with Crippen LogP contribution in [0.5, 0.6) is 0 Å². The van der Waals surface area contributed by atoms with E-state index in [1.54, 1.807) is 19.2 Å². The van der Waals surface area contributed by atoms with Gasteiger partial charge in [-0.05, 0) is 13.0 Å². The van der Waals surface area contributed by atoms with E-state index in [0.29, 0.717) is 23.3 Å². The van der Waals surface area contributed by atoms with Gasteiger partial charge in [0.05, 0.1) is 12.2 Å². The Morgan fingerprint density at radius 3 is 2.94 bits per heavy atom. The van der Waals surface area contributed by atoms with Gasteiger partial charge in [0.1, 0.15) is 23.1 Å². The lowest BCUT2D eigenvalue weighted by Gasteiger charge is -2.05. The van der Waals surface area contributed by atoms with E-state index in [0.717, 1.165) is 5.69 Å². The molecule has 0 aromatic carbocycles. The molecule has 2 rings (SSSR count). The first-order valence-electron chi connectivity index (χ1n) is 4.74. The van der Waals surface area contributed by atoms with Gasteiger partial charge in [-0.15, -0.1) is 0 Å². The van der Waals surface area contributed by atoms with Crippen LogP contribution in [0.4, 0.5) is 5.82 Å². The molecule has 0 atom stereocenters. The average Bonchev–Trinajstić information content (AvgIpc) is 2.27. The predicted octanol–water partition coefficient (Wildman–Crippen LogP) is 1.84. The smallest absolute Gasteiger partial charge is 0.134 e. The minimum absolute atomic E-state index is 0.428. The highest BCUT2D eigenvalue weighted by Gasteiger charge is 2.00. The summed E-state index contributed by atoms with van der Waals surface area (Å²) >= 11 is 5.82. The molecule has 0 fully saturated rings. The minimum Gasteiger partial charge on any atom is -0.364 e. The largest absolute Gasteiger partial charge is 0.364 e. The average molecular weight is 236 g/mol. The third-order valence-corrected chi connectivity index (χ3v) is 2.09. The Labute approximate surface area is 98.0 Å². The van der Waals surface area contributed by atoms with Crippen molar-refractivity contribution in [2.75, 3.05) is 5.32 Å². The van der Waals surface area contributed by atoms with E-state index < -0.39 is 0 Å². The Morgan fingerprint density at radius 1 is 1.38 bits per heavy atom. The zero-order valence-corrected chi connectivity index (χ0v) is 9.44. The molecule has 0 aliphatic carbocycles. The minimum atomic E-state index is 0.428. The first-order valence-corrected chi connectivity index (χ1v) is 5.12. The summed E-state index contributed by atoms with van der Waals surface area (Å²) in [6.07, 6.45) is 3.21. The summed E-state index contributed by atoms with van der Waals surface area (Å²) < 4.78 is 0. The van der Waals surface area contributed by atoms with Crippen molar-refractivity contribution in [3.8, 4) is 0 Å². The molecule has 0 spiro atoms. The van der Waals surface area contributed by atoms with E-state index in [1.165, 1.54) is 6.33 Å². The Kier molecular flexibility index (Phi) is 3.26. The number of hydrogen-bond donors (Lipinski definition) is 1. The van der Waals surface area contributed by atoms with Crippen LogP contribution >= 0.6 is 11.6 Å². The number of anilines is 1. The fourth-order valence-electron chi connectivity index (χ4n) is 1.23. The van der Waals surface area contributed by atoms with Gasteiger partial charge < -0.3 is 5.32 Å². The van der Waals surface area contributed by atoms with Crippen LogP contribution in [0.15, 0.2) is 24.7 Å². The van der Waals surface area contributed by atoms with Gasteiger partial charge in [0, 0.05) is 12.3 Å². The maximum atomic E-state index is 5.82. The number of nitrogens with one attached hydrogen (secondary N) is 1. The third-order valence-electron chi connectivity index (χ3n) is 1.90. The lowest BCUT2D eigenvalue weighted by molar-refractivity contribution is 0.976. The summed E-state index contributed by atoms with van der Waals surface area (Å²) in [6, 6.07) is 3.51. The van der Waals surface area contributed by atoms with Crippen molar-refractivity contribution >= 4 is 17.4 Å². The van der Waals surface area contributed by atoms with E-state index in [-0.39, 0.29) is 0 Å². The molecule has 0 amide bonds. The van der Waals surface area contributed by atoms with Crippen LogP contribution in [-0.2, 0) is 6.54 Å². The second-order valence-electron chi connectivity index (χ2n) is 3.18. The van der Waals surface area contributed by atoms with E-state index in [1.807, 2.05) is 6.07 Å². The molecule has 0 radical (unpaired) electrons. The monoisotopic (exact) mass is 235 g/mol. The predicted molar refractivity (Wildman–Crippen MR) is 61.1 cm³/mol. The van der Waals surface area contributed by atoms with Gasteiger partial charge in [-0.2, -0.15) is 0 Å². The fraction of sp³-hybridized carbons (Fsp3) is 0.200. The summed E-state index contributed by atoms with van der Waals surface area (Å²) in [7, 11) is 0. The molecule has 16 heavy (non-hydrogen) atoms. The maximum absolute atomic E-state index is 5.82. The molecule has 2 aromatic rings. The number of aryl methyl sites for hydroxylation is 1. The molecule has 0 aliphatic rings. The second kappa shape index (κ2) is 4.85. The number of nitrogens with zero attached hydrogens (tertiary/aromatic N) is 4. The van der Waals surface area contributed by atoms with Crippen LogP contribution in [0.3, 0.4) is 0 Å².